The Morgan fingerprint density at radius 2 is 2.00 bits per heavy atom. The first-order chi connectivity index (χ1) is 9.04. The third-order valence-electron chi connectivity index (χ3n) is 4.47. The molecule has 1 aliphatic rings. The Labute approximate surface area is 118 Å². The molecule has 0 aromatic carbocycles. The van der Waals surface area contributed by atoms with Crippen LogP contribution in [0.1, 0.15) is 32.1 Å². The molecule has 2 unspecified atom stereocenters. The van der Waals surface area contributed by atoms with Crippen molar-refractivity contribution in [2.24, 2.45) is 5.92 Å². The minimum Gasteiger partial charge on any atom is -0.309 e. The fraction of sp³-hybridized carbons (Fsp3) is 0.933. The molecule has 1 fully saturated rings. The van der Waals surface area contributed by atoms with Crippen LogP contribution >= 0.6 is 0 Å². The van der Waals surface area contributed by atoms with Gasteiger partial charge in [0, 0.05) is 0 Å². The highest BCUT2D eigenvalue weighted by Gasteiger charge is 2.41. The van der Waals surface area contributed by atoms with E-state index >= 15 is 0 Å². The van der Waals surface area contributed by atoms with Crippen molar-refractivity contribution in [2.45, 2.75) is 37.6 Å². The van der Waals surface area contributed by atoms with Crippen LogP contribution in [-0.2, 0) is 0 Å². The van der Waals surface area contributed by atoms with Gasteiger partial charge < -0.3 is 15.1 Å². The molecule has 0 saturated heterocycles. The van der Waals surface area contributed by atoms with E-state index in [1.165, 1.54) is 19.3 Å². The summed E-state index contributed by atoms with van der Waals surface area (Å²) in [4.78, 5) is 4.63. The van der Waals surface area contributed by atoms with Crippen LogP contribution in [0.4, 0.5) is 0 Å². The van der Waals surface area contributed by atoms with Crippen LogP contribution in [0.5, 0.6) is 0 Å². The van der Waals surface area contributed by atoms with Gasteiger partial charge in [-0.1, -0.05) is 6.42 Å². The Morgan fingerprint density at radius 3 is 2.58 bits per heavy atom. The highest BCUT2D eigenvalue weighted by molar-refractivity contribution is 5.13. The van der Waals surface area contributed by atoms with Crippen molar-refractivity contribution >= 4 is 0 Å². The molecular formula is C15H30N4. The van der Waals surface area contributed by atoms with Crippen LogP contribution in [0.3, 0.4) is 0 Å². The number of nitrogens with one attached hydrogen (secondary N) is 1. The molecule has 1 aliphatic carbocycles. The van der Waals surface area contributed by atoms with Crippen LogP contribution in [-0.4, -0.2) is 63.2 Å². The van der Waals surface area contributed by atoms with E-state index in [-0.39, 0.29) is 5.54 Å². The second kappa shape index (κ2) is 7.84. The zero-order valence-electron chi connectivity index (χ0n) is 13.1. The molecule has 4 heteroatoms. The van der Waals surface area contributed by atoms with E-state index < -0.39 is 0 Å². The smallest absolute Gasteiger partial charge is 0.109 e. The van der Waals surface area contributed by atoms with Crippen molar-refractivity contribution in [1.82, 2.24) is 15.1 Å². The maximum atomic E-state index is 9.42. The van der Waals surface area contributed by atoms with Crippen LogP contribution in [0.2, 0.25) is 0 Å². The van der Waals surface area contributed by atoms with Crippen molar-refractivity contribution < 1.29 is 0 Å². The third-order valence-corrected chi connectivity index (χ3v) is 4.47. The number of nitrogens with zero attached hydrogens (tertiary/aromatic N) is 3. The molecule has 110 valence electrons. The highest BCUT2D eigenvalue weighted by atomic mass is 15.1. The van der Waals surface area contributed by atoms with Gasteiger partial charge >= 0.3 is 0 Å². The number of nitriles is 1. The molecule has 0 aromatic rings. The van der Waals surface area contributed by atoms with Crippen LogP contribution in [0, 0.1) is 17.2 Å². The van der Waals surface area contributed by atoms with Crippen molar-refractivity contribution in [3.05, 3.63) is 0 Å². The largest absolute Gasteiger partial charge is 0.309 e. The lowest BCUT2D eigenvalue weighted by molar-refractivity contribution is 0.248. The van der Waals surface area contributed by atoms with E-state index in [0.717, 1.165) is 32.5 Å². The number of hydrogen-bond acceptors (Lipinski definition) is 4. The predicted octanol–water partition coefficient (Wildman–Crippen LogP) is 1.54. The first-order valence-electron chi connectivity index (χ1n) is 7.47. The monoisotopic (exact) mass is 266 g/mol. The first-order valence-corrected chi connectivity index (χ1v) is 7.47. The van der Waals surface area contributed by atoms with E-state index in [1.54, 1.807) is 0 Å². The summed E-state index contributed by atoms with van der Waals surface area (Å²) in [7, 11) is 8.36. The number of hydrogen-bond donors (Lipinski definition) is 1. The Hall–Kier alpha value is -0.630. The Bertz CT molecular complexity index is 297. The summed E-state index contributed by atoms with van der Waals surface area (Å²) in [5, 5.41) is 12.7. The summed E-state index contributed by atoms with van der Waals surface area (Å²) < 4.78 is 0. The maximum Gasteiger partial charge on any atom is 0.109 e. The Kier molecular flexibility index (Phi) is 6.78. The summed E-state index contributed by atoms with van der Waals surface area (Å²) >= 11 is 0. The van der Waals surface area contributed by atoms with Gasteiger partial charge in [-0.15, -0.1) is 0 Å². The topological polar surface area (TPSA) is 42.3 Å². The highest BCUT2D eigenvalue weighted by Crippen LogP contribution is 2.37. The fourth-order valence-electron chi connectivity index (χ4n) is 3.15. The molecule has 0 radical (unpaired) electrons. The van der Waals surface area contributed by atoms with Gasteiger partial charge in [0.2, 0.25) is 0 Å². The van der Waals surface area contributed by atoms with Gasteiger partial charge in [0.15, 0.2) is 0 Å². The average Bonchev–Trinajstić information content (AvgIpc) is 2.79. The summed E-state index contributed by atoms with van der Waals surface area (Å²) in [5.74, 6) is 0.513. The van der Waals surface area contributed by atoms with Gasteiger partial charge in [-0.05, 0) is 79.4 Å². The molecule has 0 aromatic heterocycles. The third kappa shape index (κ3) is 4.76. The van der Waals surface area contributed by atoms with Gasteiger partial charge in [-0.2, -0.15) is 5.26 Å². The van der Waals surface area contributed by atoms with Gasteiger partial charge in [0.05, 0.1) is 6.07 Å². The van der Waals surface area contributed by atoms with Crippen molar-refractivity contribution in [1.29, 1.82) is 5.26 Å². The lowest BCUT2D eigenvalue weighted by Crippen LogP contribution is -2.45. The molecule has 0 amide bonds. The Morgan fingerprint density at radius 1 is 1.26 bits per heavy atom. The predicted molar refractivity (Wildman–Crippen MR) is 80.0 cm³/mol. The lowest BCUT2D eigenvalue weighted by Gasteiger charge is -2.29. The molecule has 0 heterocycles. The normalized spacial score (nSPS) is 27.1. The van der Waals surface area contributed by atoms with E-state index in [4.69, 9.17) is 0 Å². The molecule has 1 rings (SSSR count). The van der Waals surface area contributed by atoms with Crippen molar-refractivity contribution in [2.75, 3.05) is 47.8 Å². The second-order valence-corrected chi connectivity index (χ2v) is 6.17. The van der Waals surface area contributed by atoms with Crippen molar-refractivity contribution in [3.8, 4) is 6.07 Å². The molecule has 4 nitrogen and oxygen atoms in total. The summed E-state index contributed by atoms with van der Waals surface area (Å²) in [6.45, 7) is 3.39. The van der Waals surface area contributed by atoms with Crippen LogP contribution in [0.25, 0.3) is 0 Å². The summed E-state index contributed by atoms with van der Waals surface area (Å²) in [6, 6.07) is 2.52. The molecule has 0 spiro atoms. The van der Waals surface area contributed by atoms with E-state index in [2.05, 4.69) is 42.3 Å². The van der Waals surface area contributed by atoms with Gasteiger partial charge in [0.25, 0.3) is 0 Å². The van der Waals surface area contributed by atoms with Crippen LogP contribution < -0.4 is 5.32 Å². The SMILES string of the molecule is CNC1(C#N)CCCC1CCN(C)CCCN(C)C. The molecule has 1 N–H and O–H groups in total. The second-order valence-electron chi connectivity index (χ2n) is 6.17. The quantitative estimate of drug-likeness (QED) is 0.724. The lowest BCUT2D eigenvalue weighted by atomic mass is 9.86. The first kappa shape index (κ1) is 16.4. The summed E-state index contributed by atoms with van der Waals surface area (Å²) in [5.41, 5.74) is -0.259. The van der Waals surface area contributed by atoms with Gasteiger partial charge in [-0.3, -0.25) is 0 Å². The van der Waals surface area contributed by atoms with E-state index in [1.807, 2.05) is 7.05 Å². The molecule has 0 bridgehead atoms. The van der Waals surface area contributed by atoms with E-state index in [9.17, 15) is 5.26 Å². The molecular weight excluding hydrogens is 236 g/mol. The van der Waals surface area contributed by atoms with Gasteiger partial charge in [0.1, 0.15) is 5.54 Å². The molecule has 19 heavy (non-hydrogen) atoms. The minimum absolute atomic E-state index is 0.259. The zero-order chi connectivity index (χ0) is 14.3. The molecule has 2 atom stereocenters. The average molecular weight is 266 g/mol. The van der Waals surface area contributed by atoms with Gasteiger partial charge in [-0.25, -0.2) is 0 Å². The number of rotatable bonds is 8. The minimum atomic E-state index is -0.259. The standard InChI is InChI=1S/C15H30N4/c1-17-15(13-16)9-5-7-14(15)8-12-19(4)11-6-10-18(2)3/h14,17H,5-12H2,1-4H3. The zero-order valence-corrected chi connectivity index (χ0v) is 13.1. The Balaban J connectivity index is 2.30. The van der Waals surface area contributed by atoms with Crippen LogP contribution in [0.15, 0.2) is 0 Å². The summed E-state index contributed by atoms with van der Waals surface area (Å²) in [6.07, 6.45) is 5.73. The maximum absolute atomic E-state index is 9.42. The molecule has 1 saturated carbocycles. The van der Waals surface area contributed by atoms with E-state index in [0.29, 0.717) is 5.92 Å². The molecule has 0 aliphatic heterocycles. The fourth-order valence-corrected chi connectivity index (χ4v) is 3.15. The van der Waals surface area contributed by atoms with Crippen molar-refractivity contribution in [3.63, 3.8) is 0 Å².